The Bertz CT molecular complexity index is 165. The molecule has 0 spiro atoms. The molecule has 0 aromatic carbocycles. The van der Waals surface area contributed by atoms with E-state index in [1.54, 1.807) is 4.90 Å². The zero-order valence-corrected chi connectivity index (χ0v) is 9.15. The van der Waals surface area contributed by atoms with E-state index in [-0.39, 0.29) is 11.8 Å². The Morgan fingerprint density at radius 3 is 2.08 bits per heavy atom. The van der Waals surface area contributed by atoms with E-state index in [4.69, 9.17) is 23.2 Å². The maximum Gasteiger partial charge on any atom is 0.225 e. The van der Waals surface area contributed by atoms with Gasteiger partial charge in [-0.05, 0) is 12.8 Å². The molecule has 0 atom stereocenters. The van der Waals surface area contributed by atoms with Crippen molar-refractivity contribution in [3.8, 4) is 0 Å². The third-order valence-corrected chi connectivity index (χ3v) is 2.81. The van der Waals surface area contributed by atoms with Crippen molar-refractivity contribution in [1.29, 1.82) is 0 Å². The zero-order valence-electron chi connectivity index (χ0n) is 7.64. The predicted molar refractivity (Wildman–Crippen MR) is 55.4 cm³/mol. The van der Waals surface area contributed by atoms with Crippen molar-refractivity contribution in [3.63, 3.8) is 0 Å². The molecule has 1 amide bonds. The highest BCUT2D eigenvalue weighted by Gasteiger charge is 2.28. The van der Waals surface area contributed by atoms with E-state index in [1.807, 2.05) is 0 Å². The molecule has 1 aliphatic carbocycles. The Balaban J connectivity index is 2.37. The second kappa shape index (κ2) is 5.71. The molecule has 1 rings (SSSR count). The second-order valence-electron chi connectivity index (χ2n) is 3.33. The number of alkyl halides is 2. The van der Waals surface area contributed by atoms with Crippen LogP contribution in [0.3, 0.4) is 0 Å². The summed E-state index contributed by atoms with van der Waals surface area (Å²) in [5.74, 6) is 1.49. The van der Waals surface area contributed by atoms with E-state index < -0.39 is 0 Å². The Morgan fingerprint density at radius 1 is 1.23 bits per heavy atom. The van der Waals surface area contributed by atoms with Crippen LogP contribution in [0.15, 0.2) is 0 Å². The van der Waals surface area contributed by atoms with Crippen LogP contribution in [0.25, 0.3) is 0 Å². The number of carbonyl (C=O) groups excluding carboxylic acids is 1. The topological polar surface area (TPSA) is 20.3 Å². The first-order valence-corrected chi connectivity index (χ1v) is 5.77. The molecule has 0 bridgehead atoms. The molecule has 0 aromatic rings. The van der Waals surface area contributed by atoms with E-state index >= 15 is 0 Å². The van der Waals surface area contributed by atoms with Gasteiger partial charge in [-0.2, -0.15) is 0 Å². The number of halogens is 2. The minimum Gasteiger partial charge on any atom is -0.340 e. The Morgan fingerprint density at radius 2 is 1.77 bits per heavy atom. The summed E-state index contributed by atoms with van der Waals surface area (Å²) in [5, 5.41) is 0. The van der Waals surface area contributed by atoms with Crippen molar-refractivity contribution >= 4 is 29.1 Å². The van der Waals surface area contributed by atoms with Crippen LogP contribution in [-0.4, -0.2) is 35.7 Å². The molecule has 0 aliphatic heterocycles. The molecule has 0 heterocycles. The fourth-order valence-corrected chi connectivity index (χ4v) is 1.86. The van der Waals surface area contributed by atoms with Crippen LogP contribution in [-0.2, 0) is 4.79 Å². The minimum atomic E-state index is 0.243. The minimum absolute atomic E-state index is 0.243. The first kappa shape index (κ1) is 11.1. The summed E-state index contributed by atoms with van der Waals surface area (Å²) in [6.45, 7) is 1.26. The molecule has 0 N–H and O–H groups in total. The van der Waals surface area contributed by atoms with E-state index in [0.29, 0.717) is 24.8 Å². The van der Waals surface area contributed by atoms with Gasteiger partial charge in [-0.1, -0.05) is 6.42 Å². The van der Waals surface area contributed by atoms with Crippen LogP contribution in [0.5, 0.6) is 0 Å². The lowest BCUT2D eigenvalue weighted by Crippen LogP contribution is -2.41. The third kappa shape index (κ3) is 3.03. The molecule has 4 heteroatoms. The van der Waals surface area contributed by atoms with Gasteiger partial charge in [0.15, 0.2) is 0 Å². The second-order valence-corrected chi connectivity index (χ2v) is 4.09. The lowest BCUT2D eigenvalue weighted by Gasteiger charge is -2.30. The quantitative estimate of drug-likeness (QED) is 0.655. The van der Waals surface area contributed by atoms with E-state index in [1.165, 1.54) is 6.42 Å². The lowest BCUT2D eigenvalue weighted by atomic mass is 9.84. The van der Waals surface area contributed by atoms with Crippen LogP contribution in [0.2, 0.25) is 0 Å². The van der Waals surface area contributed by atoms with Crippen molar-refractivity contribution < 1.29 is 4.79 Å². The summed E-state index contributed by atoms with van der Waals surface area (Å²) in [7, 11) is 0. The number of carbonyl (C=O) groups is 1. The van der Waals surface area contributed by atoms with Gasteiger partial charge in [0, 0.05) is 30.8 Å². The van der Waals surface area contributed by atoms with Gasteiger partial charge in [0.1, 0.15) is 0 Å². The van der Waals surface area contributed by atoms with Crippen molar-refractivity contribution in [2.75, 3.05) is 24.8 Å². The SMILES string of the molecule is O=C(C1CCC1)N(CCCl)CCCl. The zero-order chi connectivity index (χ0) is 9.68. The van der Waals surface area contributed by atoms with Gasteiger partial charge in [0.05, 0.1) is 0 Å². The van der Waals surface area contributed by atoms with Gasteiger partial charge in [0.2, 0.25) is 5.91 Å². The van der Waals surface area contributed by atoms with Crippen molar-refractivity contribution in [3.05, 3.63) is 0 Å². The molecular formula is C9H15Cl2NO. The number of nitrogens with zero attached hydrogens (tertiary/aromatic N) is 1. The molecule has 0 radical (unpaired) electrons. The van der Waals surface area contributed by atoms with Gasteiger partial charge in [0.25, 0.3) is 0 Å². The molecule has 13 heavy (non-hydrogen) atoms. The van der Waals surface area contributed by atoms with Gasteiger partial charge in [-0.25, -0.2) is 0 Å². The summed E-state index contributed by atoms with van der Waals surface area (Å²) in [4.78, 5) is 13.5. The average Bonchev–Trinajstić information content (AvgIpc) is 2.01. The maximum absolute atomic E-state index is 11.7. The van der Waals surface area contributed by atoms with Crippen LogP contribution in [0.1, 0.15) is 19.3 Å². The van der Waals surface area contributed by atoms with E-state index in [9.17, 15) is 4.79 Å². The van der Waals surface area contributed by atoms with Gasteiger partial charge >= 0.3 is 0 Å². The molecular weight excluding hydrogens is 209 g/mol. The van der Waals surface area contributed by atoms with Gasteiger partial charge in [-0.15, -0.1) is 23.2 Å². The highest BCUT2D eigenvalue weighted by Crippen LogP contribution is 2.28. The first-order chi connectivity index (χ1) is 6.29. The van der Waals surface area contributed by atoms with Crippen molar-refractivity contribution in [2.45, 2.75) is 19.3 Å². The smallest absolute Gasteiger partial charge is 0.225 e. The molecule has 0 aromatic heterocycles. The highest BCUT2D eigenvalue weighted by atomic mass is 35.5. The lowest BCUT2D eigenvalue weighted by molar-refractivity contribution is -0.137. The number of hydrogen-bond acceptors (Lipinski definition) is 1. The normalized spacial score (nSPS) is 16.8. The van der Waals surface area contributed by atoms with E-state index in [0.717, 1.165) is 12.8 Å². The third-order valence-electron chi connectivity index (χ3n) is 2.47. The van der Waals surface area contributed by atoms with E-state index in [2.05, 4.69) is 0 Å². The Labute approximate surface area is 89.2 Å². The summed E-state index contributed by atoms with van der Waals surface area (Å²) in [6, 6.07) is 0. The van der Waals surface area contributed by atoms with Crippen LogP contribution in [0, 0.1) is 5.92 Å². The largest absolute Gasteiger partial charge is 0.340 e. The molecule has 2 nitrogen and oxygen atoms in total. The molecule has 76 valence electrons. The van der Waals surface area contributed by atoms with Crippen molar-refractivity contribution in [1.82, 2.24) is 4.90 Å². The van der Waals surface area contributed by atoms with Crippen LogP contribution in [0.4, 0.5) is 0 Å². The van der Waals surface area contributed by atoms with Crippen LogP contribution < -0.4 is 0 Å². The Kier molecular flexibility index (Phi) is 4.89. The van der Waals surface area contributed by atoms with Gasteiger partial charge in [-0.3, -0.25) is 4.79 Å². The standard InChI is InChI=1S/C9H15Cl2NO/c10-4-6-12(7-5-11)9(13)8-2-1-3-8/h8H,1-7H2. The summed E-state index contributed by atoms with van der Waals surface area (Å²) < 4.78 is 0. The molecule has 1 aliphatic rings. The average molecular weight is 224 g/mol. The number of rotatable bonds is 5. The summed E-state index contributed by atoms with van der Waals surface area (Å²) >= 11 is 11.2. The fraction of sp³-hybridized carbons (Fsp3) is 0.889. The Hall–Kier alpha value is 0.0500. The predicted octanol–water partition coefficient (Wildman–Crippen LogP) is 2.09. The number of hydrogen-bond donors (Lipinski definition) is 0. The first-order valence-electron chi connectivity index (χ1n) is 4.70. The van der Waals surface area contributed by atoms with Gasteiger partial charge < -0.3 is 4.90 Å². The number of amides is 1. The maximum atomic E-state index is 11.7. The fourth-order valence-electron chi connectivity index (χ4n) is 1.45. The summed E-state index contributed by atoms with van der Waals surface area (Å²) in [6.07, 6.45) is 3.27. The summed E-state index contributed by atoms with van der Waals surface area (Å²) in [5.41, 5.74) is 0. The van der Waals surface area contributed by atoms with Crippen LogP contribution >= 0.6 is 23.2 Å². The molecule has 1 saturated carbocycles. The monoisotopic (exact) mass is 223 g/mol. The van der Waals surface area contributed by atoms with Crippen molar-refractivity contribution in [2.24, 2.45) is 5.92 Å². The molecule has 0 saturated heterocycles. The molecule has 0 unspecified atom stereocenters. The molecule has 1 fully saturated rings. The highest BCUT2D eigenvalue weighted by molar-refractivity contribution is 6.18.